The van der Waals surface area contributed by atoms with E-state index in [-0.39, 0.29) is 22.5 Å². The molecule has 0 aliphatic heterocycles. The van der Waals surface area contributed by atoms with Crippen LogP contribution in [0.3, 0.4) is 0 Å². The van der Waals surface area contributed by atoms with Crippen LogP contribution in [0.15, 0.2) is 128 Å². The number of rotatable bonds is 6. The average molecular weight is 670 g/mol. The molecule has 0 fully saturated rings. The van der Waals surface area contributed by atoms with Crippen LogP contribution in [0, 0.1) is 0 Å². The lowest BCUT2D eigenvalue weighted by atomic mass is 9.79. The lowest BCUT2D eigenvalue weighted by molar-refractivity contribution is 0.446. The van der Waals surface area contributed by atoms with Gasteiger partial charge >= 0.3 is 0 Å². The topological polar surface area (TPSA) is 50.9 Å². The minimum atomic E-state index is -0.293. The molecule has 2 heterocycles. The van der Waals surface area contributed by atoms with E-state index in [4.69, 9.17) is 4.98 Å². The molecule has 1 N–H and O–H groups in total. The normalized spacial score (nSPS) is 12.2. The van der Waals surface area contributed by atoms with Crippen LogP contribution in [0.2, 0.25) is 0 Å². The van der Waals surface area contributed by atoms with Crippen molar-refractivity contribution in [3.63, 3.8) is 0 Å². The molecule has 0 radical (unpaired) electrons. The number of phenolic OH excluding ortho intramolecular Hbond substituents is 1. The van der Waals surface area contributed by atoms with E-state index in [1.165, 1.54) is 5.56 Å². The Morgan fingerprint density at radius 2 is 1.27 bits per heavy atom. The van der Waals surface area contributed by atoms with Crippen LogP contribution in [0.4, 0.5) is 0 Å². The standard InChI is InChI=1S/C47H47N3O/c1-30(2)35-21-15-23-37(31-17-10-9-11-18-31)43(35)50-41-25-16-22-36(32-19-14-20-33(27-32)40-24-12-13-26-48-40)42(41)49-45(50)38-28-34(46(3,4)5)29-39(44(38)51)47(6,7)8/h9-30,51H,1-8H3. The van der Waals surface area contributed by atoms with Crippen LogP contribution < -0.4 is 0 Å². The molecule has 5 aromatic carbocycles. The Bertz CT molecular complexity index is 2350. The number of nitrogens with zero attached hydrogens (tertiary/aromatic N) is 3. The lowest BCUT2D eigenvalue weighted by Crippen LogP contribution is -2.17. The van der Waals surface area contributed by atoms with Gasteiger partial charge < -0.3 is 5.11 Å². The summed E-state index contributed by atoms with van der Waals surface area (Å²) in [6.07, 6.45) is 1.83. The molecule has 0 saturated heterocycles. The number of hydrogen-bond acceptors (Lipinski definition) is 3. The van der Waals surface area contributed by atoms with Crippen molar-refractivity contribution < 1.29 is 5.11 Å². The largest absolute Gasteiger partial charge is 0.507 e. The van der Waals surface area contributed by atoms with Gasteiger partial charge in [0.1, 0.15) is 11.6 Å². The first-order chi connectivity index (χ1) is 24.3. The molecule has 0 unspecified atom stereocenters. The predicted octanol–water partition coefficient (Wildman–Crippen LogP) is 12.5. The first-order valence-electron chi connectivity index (χ1n) is 17.9. The van der Waals surface area contributed by atoms with Gasteiger partial charge in [-0.1, -0.05) is 146 Å². The van der Waals surface area contributed by atoms with Crippen LogP contribution in [-0.4, -0.2) is 19.6 Å². The first kappa shape index (κ1) is 34.0. The fourth-order valence-corrected chi connectivity index (χ4v) is 7.06. The molecule has 4 heteroatoms. The third kappa shape index (κ3) is 6.36. The van der Waals surface area contributed by atoms with Crippen LogP contribution in [0.5, 0.6) is 5.75 Å². The second kappa shape index (κ2) is 13.0. The molecule has 0 amide bonds. The van der Waals surface area contributed by atoms with Crippen molar-refractivity contribution in [1.29, 1.82) is 0 Å². The summed E-state index contributed by atoms with van der Waals surface area (Å²) in [5.41, 5.74) is 12.8. The number of phenols is 1. The van der Waals surface area contributed by atoms with Crippen LogP contribution in [-0.2, 0) is 10.8 Å². The Hall–Kier alpha value is -5.48. The zero-order valence-electron chi connectivity index (χ0n) is 31.0. The molecule has 0 atom stereocenters. The van der Waals surface area contributed by atoms with Gasteiger partial charge in [-0.25, -0.2) is 4.98 Å². The van der Waals surface area contributed by atoms with Gasteiger partial charge in [0.15, 0.2) is 0 Å². The molecule has 0 saturated carbocycles. The van der Waals surface area contributed by atoms with Crippen LogP contribution >= 0.6 is 0 Å². The van der Waals surface area contributed by atoms with Crippen molar-refractivity contribution in [2.24, 2.45) is 0 Å². The maximum absolute atomic E-state index is 12.3. The van der Waals surface area contributed by atoms with Crippen molar-refractivity contribution >= 4 is 11.0 Å². The molecule has 7 rings (SSSR count). The van der Waals surface area contributed by atoms with Gasteiger partial charge in [-0.3, -0.25) is 9.55 Å². The summed E-state index contributed by atoms with van der Waals surface area (Å²) >= 11 is 0. The summed E-state index contributed by atoms with van der Waals surface area (Å²) in [6.45, 7) is 17.7. The Morgan fingerprint density at radius 1 is 0.608 bits per heavy atom. The number of para-hydroxylation sites is 2. The molecule has 7 aromatic rings. The van der Waals surface area contributed by atoms with Crippen molar-refractivity contribution in [3.8, 4) is 56.3 Å². The van der Waals surface area contributed by atoms with Gasteiger partial charge in [-0.05, 0) is 69.3 Å². The van der Waals surface area contributed by atoms with Gasteiger partial charge in [-0.15, -0.1) is 0 Å². The van der Waals surface area contributed by atoms with Crippen molar-refractivity contribution in [2.75, 3.05) is 0 Å². The van der Waals surface area contributed by atoms with E-state index < -0.39 is 0 Å². The van der Waals surface area contributed by atoms with E-state index in [0.29, 0.717) is 0 Å². The van der Waals surface area contributed by atoms with Gasteiger partial charge in [0.2, 0.25) is 0 Å². The minimum absolute atomic E-state index is 0.151. The second-order valence-corrected chi connectivity index (χ2v) is 15.9. The summed E-state index contributed by atoms with van der Waals surface area (Å²) < 4.78 is 2.31. The number of hydrogen-bond donors (Lipinski definition) is 1. The predicted molar refractivity (Wildman–Crippen MR) is 214 cm³/mol. The highest BCUT2D eigenvalue weighted by molar-refractivity contribution is 5.98. The molecular weight excluding hydrogens is 623 g/mol. The van der Waals surface area contributed by atoms with Gasteiger partial charge in [-0.2, -0.15) is 0 Å². The van der Waals surface area contributed by atoms with E-state index in [9.17, 15) is 5.11 Å². The highest BCUT2D eigenvalue weighted by atomic mass is 16.3. The highest BCUT2D eigenvalue weighted by Gasteiger charge is 2.30. The first-order valence-corrected chi connectivity index (χ1v) is 17.9. The molecule has 256 valence electrons. The Labute approximate surface area is 302 Å². The summed E-state index contributed by atoms with van der Waals surface area (Å²) in [5, 5.41) is 12.3. The Morgan fingerprint density at radius 3 is 1.96 bits per heavy atom. The number of fused-ring (bicyclic) bond motifs is 1. The zero-order valence-corrected chi connectivity index (χ0v) is 31.0. The quantitative estimate of drug-likeness (QED) is 0.192. The molecular formula is C47H47N3O. The SMILES string of the molecule is CC(C)c1cccc(-c2ccccc2)c1-n1c(-c2cc(C(C)(C)C)cc(C(C)(C)C)c2O)nc2c(-c3cccc(-c4ccccn4)c3)cccc21. The zero-order chi connectivity index (χ0) is 36.1. The third-order valence-corrected chi connectivity index (χ3v) is 9.84. The second-order valence-electron chi connectivity index (χ2n) is 15.9. The number of aromatic hydroxyl groups is 1. The number of aromatic nitrogens is 3. The minimum Gasteiger partial charge on any atom is -0.507 e. The van der Waals surface area contributed by atoms with E-state index >= 15 is 0 Å². The van der Waals surface area contributed by atoms with E-state index in [2.05, 4.69) is 168 Å². The summed E-state index contributed by atoms with van der Waals surface area (Å²) in [6, 6.07) is 42.5. The molecule has 2 aromatic heterocycles. The van der Waals surface area contributed by atoms with Crippen LogP contribution in [0.25, 0.3) is 61.6 Å². The molecule has 0 aliphatic carbocycles. The van der Waals surface area contributed by atoms with Crippen molar-refractivity contribution in [1.82, 2.24) is 14.5 Å². The number of imidazole rings is 1. The van der Waals surface area contributed by atoms with Crippen molar-refractivity contribution in [3.05, 3.63) is 144 Å². The molecule has 0 spiro atoms. The average Bonchev–Trinajstić information content (AvgIpc) is 3.50. The molecule has 0 aliphatic rings. The smallest absolute Gasteiger partial charge is 0.149 e. The Kier molecular flexibility index (Phi) is 8.67. The van der Waals surface area contributed by atoms with E-state index in [1.54, 1.807) is 0 Å². The molecule has 0 bridgehead atoms. The van der Waals surface area contributed by atoms with E-state index in [0.717, 1.165) is 72.7 Å². The maximum atomic E-state index is 12.3. The summed E-state index contributed by atoms with van der Waals surface area (Å²) in [7, 11) is 0. The number of pyridine rings is 1. The molecule has 51 heavy (non-hydrogen) atoms. The number of benzene rings is 5. The molecule has 4 nitrogen and oxygen atoms in total. The highest BCUT2D eigenvalue weighted by Crippen LogP contribution is 2.46. The summed E-state index contributed by atoms with van der Waals surface area (Å²) in [4.78, 5) is 10.2. The van der Waals surface area contributed by atoms with Crippen molar-refractivity contribution in [2.45, 2.75) is 72.1 Å². The van der Waals surface area contributed by atoms with Gasteiger partial charge in [0, 0.05) is 28.5 Å². The van der Waals surface area contributed by atoms with Gasteiger partial charge in [0.25, 0.3) is 0 Å². The summed E-state index contributed by atoms with van der Waals surface area (Å²) in [5.74, 6) is 1.22. The fourth-order valence-electron chi connectivity index (χ4n) is 7.06. The Balaban J connectivity index is 1.63. The van der Waals surface area contributed by atoms with Gasteiger partial charge in [0.05, 0.1) is 28.0 Å². The lowest BCUT2D eigenvalue weighted by Gasteiger charge is -2.28. The fraction of sp³-hybridized carbons (Fsp3) is 0.234. The monoisotopic (exact) mass is 669 g/mol. The van der Waals surface area contributed by atoms with E-state index in [1.807, 2.05) is 24.4 Å². The third-order valence-electron chi connectivity index (χ3n) is 9.84. The maximum Gasteiger partial charge on any atom is 0.149 e. The van der Waals surface area contributed by atoms with Crippen LogP contribution in [0.1, 0.15) is 78.0 Å².